The summed E-state index contributed by atoms with van der Waals surface area (Å²) < 4.78 is 1.74. The van der Waals surface area contributed by atoms with E-state index in [1.165, 1.54) is 30.5 Å². The molecule has 1 spiro atoms. The first kappa shape index (κ1) is 20.9. The highest BCUT2D eigenvalue weighted by atomic mass is 16.2. The Morgan fingerprint density at radius 1 is 1.00 bits per heavy atom. The summed E-state index contributed by atoms with van der Waals surface area (Å²) in [5, 5.41) is 5.21. The summed E-state index contributed by atoms with van der Waals surface area (Å²) in [6.45, 7) is 11.9. The second kappa shape index (κ2) is 6.68. The maximum Gasteiger partial charge on any atom is 0.278 e. The predicted octanol–water partition coefficient (Wildman–Crippen LogP) is 7.04. The molecule has 3 aliphatic carbocycles. The van der Waals surface area contributed by atoms with E-state index in [-0.39, 0.29) is 22.2 Å². The summed E-state index contributed by atoms with van der Waals surface area (Å²) in [6, 6.07) is 18.3. The topological polar surface area (TPSA) is 34.9 Å². The number of hydrogen-bond donors (Lipinski definition) is 0. The van der Waals surface area contributed by atoms with E-state index in [0.717, 1.165) is 29.2 Å². The van der Waals surface area contributed by atoms with E-state index in [1.807, 2.05) is 30.3 Å². The molecule has 3 aliphatic rings. The number of aromatic nitrogens is 2. The average Bonchev–Trinajstić information content (AvgIpc) is 3.44. The molecule has 3 aromatic rings. The second-order valence-corrected chi connectivity index (χ2v) is 12.1. The fourth-order valence-corrected chi connectivity index (χ4v) is 7.89. The van der Waals surface area contributed by atoms with Gasteiger partial charge in [-0.05, 0) is 66.9 Å². The van der Waals surface area contributed by atoms with E-state index < -0.39 is 0 Å². The number of rotatable bonds is 2. The first-order valence-corrected chi connectivity index (χ1v) is 12.4. The minimum absolute atomic E-state index is 0.0314. The van der Waals surface area contributed by atoms with Crippen LogP contribution in [0.25, 0.3) is 11.3 Å². The van der Waals surface area contributed by atoms with Gasteiger partial charge in [-0.2, -0.15) is 9.78 Å². The molecule has 0 aliphatic heterocycles. The van der Waals surface area contributed by atoms with Crippen LogP contribution in [0.4, 0.5) is 0 Å². The van der Waals surface area contributed by atoms with Crippen molar-refractivity contribution in [1.82, 2.24) is 9.78 Å². The van der Waals surface area contributed by atoms with Crippen LogP contribution in [-0.4, -0.2) is 15.7 Å². The number of carbonyl (C=O) groups excluding carboxylic acids is 1. The Balaban J connectivity index is 1.61. The maximum absolute atomic E-state index is 13.8. The zero-order valence-corrected chi connectivity index (χ0v) is 20.5. The summed E-state index contributed by atoms with van der Waals surface area (Å²) in [5.74, 6) is 1.11. The average molecular weight is 439 g/mol. The molecule has 2 fully saturated rings. The van der Waals surface area contributed by atoms with Gasteiger partial charge in [-0.25, -0.2) is 0 Å². The fourth-order valence-electron chi connectivity index (χ4n) is 7.89. The van der Waals surface area contributed by atoms with E-state index in [4.69, 9.17) is 5.10 Å². The van der Waals surface area contributed by atoms with Crippen molar-refractivity contribution in [2.45, 2.75) is 66.2 Å². The quantitative estimate of drug-likeness (QED) is 0.430. The maximum atomic E-state index is 13.8. The third-order valence-corrected chi connectivity index (χ3v) is 9.69. The number of nitrogens with zero attached hydrogens (tertiary/aromatic N) is 2. The van der Waals surface area contributed by atoms with Gasteiger partial charge in [-0.15, -0.1) is 0 Å². The SMILES string of the molecule is Cc1ccc(C(=O)n2nc3c(c2-c2ccccc2)CC(C)(C)C24CCC(C2)C(C)(C)C34)cc1. The first-order valence-electron chi connectivity index (χ1n) is 12.4. The lowest BCUT2D eigenvalue weighted by Crippen LogP contribution is -2.48. The standard InChI is InChI=1S/C30H34N2O/c1-19-11-13-21(14-12-19)27(33)32-25(20-9-7-6-8-10-20)23-18-28(2,3)30-16-15-22(17-30)29(4,5)26(30)24(23)31-32/h6-14,22,26H,15-18H2,1-5H3. The van der Waals surface area contributed by atoms with E-state index in [1.54, 1.807) is 4.68 Å². The van der Waals surface area contributed by atoms with Crippen molar-refractivity contribution in [1.29, 1.82) is 0 Å². The molecule has 3 atom stereocenters. The number of carbonyl (C=O) groups is 1. The molecular weight excluding hydrogens is 404 g/mol. The van der Waals surface area contributed by atoms with Crippen LogP contribution in [0.1, 0.15) is 80.1 Å². The molecule has 170 valence electrons. The van der Waals surface area contributed by atoms with Crippen molar-refractivity contribution in [3.63, 3.8) is 0 Å². The largest absolute Gasteiger partial charge is 0.278 e. The lowest BCUT2D eigenvalue weighted by Gasteiger charge is -2.55. The van der Waals surface area contributed by atoms with E-state index >= 15 is 0 Å². The highest BCUT2D eigenvalue weighted by Gasteiger charge is 2.69. The number of benzene rings is 2. The van der Waals surface area contributed by atoms with Gasteiger partial charge in [0.25, 0.3) is 5.91 Å². The molecular formula is C30H34N2O. The minimum atomic E-state index is -0.0314. The van der Waals surface area contributed by atoms with Crippen LogP contribution in [0.3, 0.4) is 0 Å². The second-order valence-electron chi connectivity index (χ2n) is 12.1. The van der Waals surface area contributed by atoms with Crippen molar-refractivity contribution in [2.24, 2.45) is 22.2 Å². The third-order valence-electron chi connectivity index (χ3n) is 9.69. The lowest BCUT2D eigenvalue weighted by atomic mass is 9.49. The highest BCUT2D eigenvalue weighted by Crippen LogP contribution is 2.77. The molecule has 3 heteroatoms. The molecule has 2 bridgehead atoms. The van der Waals surface area contributed by atoms with Gasteiger partial charge in [0.1, 0.15) is 0 Å². The Hall–Kier alpha value is -2.68. The minimum Gasteiger partial charge on any atom is -0.267 e. The monoisotopic (exact) mass is 438 g/mol. The Bertz CT molecular complexity index is 1250. The van der Waals surface area contributed by atoms with Gasteiger partial charge in [-0.3, -0.25) is 4.79 Å². The molecule has 3 unspecified atom stereocenters. The van der Waals surface area contributed by atoms with Gasteiger partial charge in [-0.1, -0.05) is 75.7 Å². The van der Waals surface area contributed by atoms with E-state index in [2.05, 4.69) is 58.9 Å². The molecule has 0 amide bonds. The zero-order valence-electron chi connectivity index (χ0n) is 20.5. The van der Waals surface area contributed by atoms with Crippen LogP contribution in [0.15, 0.2) is 54.6 Å². The van der Waals surface area contributed by atoms with Gasteiger partial charge in [0.2, 0.25) is 0 Å². The van der Waals surface area contributed by atoms with Crippen LogP contribution < -0.4 is 0 Å². The van der Waals surface area contributed by atoms with Crippen LogP contribution in [0.5, 0.6) is 0 Å². The van der Waals surface area contributed by atoms with Gasteiger partial charge >= 0.3 is 0 Å². The van der Waals surface area contributed by atoms with E-state index in [9.17, 15) is 4.79 Å². The summed E-state index contributed by atoms with van der Waals surface area (Å²) in [6.07, 6.45) is 4.90. The Morgan fingerprint density at radius 3 is 2.39 bits per heavy atom. The lowest BCUT2D eigenvalue weighted by molar-refractivity contribution is 0.00338. The van der Waals surface area contributed by atoms with Crippen LogP contribution in [-0.2, 0) is 6.42 Å². The number of fused-ring (bicyclic) bond motifs is 3. The van der Waals surface area contributed by atoms with Gasteiger partial charge < -0.3 is 0 Å². The molecule has 6 rings (SSSR count). The number of hydrogen-bond acceptors (Lipinski definition) is 2. The molecule has 0 N–H and O–H groups in total. The van der Waals surface area contributed by atoms with Crippen molar-refractivity contribution in [3.05, 3.63) is 77.0 Å². The summed E-state index contributed by atoms with van der Waals surface area (Å²) >= 11 is 0. The van der Waals surface area contributed by atoms with Gasteiger partial charge in [0.05, 0.1) is 11.4 Å². The fraction of sp³-hybridized carbons (Fsp3) is 0.467. The molecule has 2 saturated carbocycles. The smallest absolute Gasteiger partial charge is 0.267 e. The van der Waals surface area contributed by atoms with Crippen LogP contribution in [0, 0.1) is 29.1 Å². The Morgan fingerprint density at radius 2 is 1.70 bits per heavy atom. The van der Waals surface area contributed by atoms with E-state index in [0.29, 0.717) is 11.5 Å². The van der Waals surface area contributed by atoms with Gasteiger partial charge in [0.15, 0.2) is 0 Å². The molecule has 1 heterocycles. The summed E-state index contributed by atoms with van der Waals surface area (Å²) in [5.41, 5.74) is 7.08. The normalized spacial score (nSPS) is 28.4. The predicted molar refractivity (Wildman–Crippen MR) is 132 cm³/mol. The molecule has 0 radical (unpaired) electrons. The first-order chi connectivity index (χ1) is 15.7. The van der Waals surface area contributed by atoms with Crippen molar-refractivity contribution in [3.8, 4) is 11.3 Å². The molecule has 0 saturated heterocycles. The molecule has 33 heavy (non-hydrogen) atoms. The highest BCUT2D eigenvalue weighted by molar-refractivity contribution is 5.98. The van der Waals surface area contributed by atoms with Crippen LogP contribution in [0.2, 0.25) is 0 Å². The Kier molecular flexibility index (Phi) is 4.23. The number of aryl methyl sites for hydroxylation is 1. The summed E-state index contributed by atoms with van der Waals surface area (Å²) in [4.78, 5) is 13.8. The molecule has 3 nitrogen and oxygen atoms in total. The zero-order chi connectivity index (χ0) is 23.2. The summed E-state index contributed by atoms with van der Waals surface area (Å²) in [7, 11) is 0. The van der Waals surface area contributed by atoms with Crippen molar-refractivity contribution in [2.75, 3.05) is 0 Å². The van der Waals surface area contributed by atoms with Crippen molar-refractivity contribution < 1.29 is 4.79 Å². The Labute approximate surface area is 197 Å². The van der Waals surface area contributed by atoms with Gasteiger partial charge in [0, 0.05) is 22.6 Å². The third kappa shape index (κ3) is 2.68. The van der Waals surface area contributed by atoms with Crippen LogP contribution >= 0.6 is 0 Å². The molecule has 2 aromatic carbocycles. The van der Waals surface area contributed by atoms with Crippen molar-refractivity contribution >= 4 is 5.91 Å². The molecule has 1 aromatic heterocycles.